The average Bonchev–Trinajstić information content (AvgIpc) is 3.17. The number of anilines is 1. The first-order valence-electron chi connectivity index (χ1n) is 8.21. The Labute approximate surface area is 150 Å². The summed E-state index contributed by atoms with van der Waals surface area (Å²) < 4.78 is 3.03. The summed E-state index contributed by atoms with van der Waals surface area (Å²) in [6.45, 7) is 5.38. The molecular weight excluding hydrogens is 364 g/mol. The van der Waals surface area contributed by atoms with E-state index in [1.807, 2.05) is 6.20 Å². The van der Waals surface area contributed by atoms with Gasteiger partial charge in [-0.15, -0.1) is 0 Å². The number of fused-ring (bicyclic) bond motifs is 1. The molecule has 0 bridgehead atoms. The zero-order chi connectivity index (χ0) is 16.7. The highest BCUT2D eigenvalue weighted by Gasteiger charge is 2.25. The number of para-hydroxylation sites is 1. The lowest BCUT2D eigenvalue weighted by atomic mass is 10.0. The molecule has 24 heavy (non-hydrogen) atoms. The molecule has 0 saturated carbocycles. The fourth-order valence-corrected chi connectivity index (χ4v) is 3.66. The molecule has 0 unspecified atom stereocenters. The first-order valence-corrected chi connectivity index (χ1v) is 9.00. The predicted molar refractivity (Wildman–Crippen MR) is 101 cm³/mol. The molecule has 0 aliphatic carbocycles. The van der Waals surface area contributed by atoms with Crippen molar-refractivity contribution in [3.63, 3.8) is 0 Å². The van der Waals surface area contributed by atoms with Crippen LogP contribution in [0.1, 0.15) is 30.9 Å². The number of halogens is 1. The second-order valence-corrected chi connectivity index (χ2v) is 7.29. The zero-order valence-corrected chi connectivity index (χ0v) is 15.3. The first-order chi connectivity index (χ1) is 11.6. The van der Waals surface area contributed by atoms with Gasteiger partial charge in [0.1, 0.15) is 5.82 Å². The molecule has 4 rings (SSSR count). The lowest BCUT2D eigenvalue weighted by Crippen LogP contribution is -2.07. The average molecular weight is 383 g/mol. The van der Waals surface area contributed by atoms with Gasteiger partial charge in [-0.3, -0.25) is 4.98 Å². The third-order valence-electron chi connectivity index (χ3n) is 4.42. The van der Waals surface area contributed by atoms with E-state index in [9.17, 15) is 0 Å². The van der Waals surface area contributed by atoms with E-state index >= 15 is 0 Å². The van der Waals surface area contributed by atoms with Crippen LogP contribution >= 0.6 is 15.9 Å². The van der Waals surface area contributed by atoms with Crippen molar-refractivity contribution in [2.45, 2.75) is 26.2 Å². The maximum atomic E-state index is 4.95. The monoisotopic (exact) mass is 382 g/mol. The fraction of sp³-hybridized carbons (Fsp3) is 0.263. The Balaban J connectivity index is 1.92. The molecule has 0 atom stereocenters. The molecule has 5 heteroatoms. The topological polar surface area (TPSA) is 42.7 Å². The number of aromatic nitrogens is 3. The lowest BCUT2D eigenvalue weighted by Gasteiger charge is -2.14. The summed E-state index contributed by atoms with van der Waals surface area (Å²) >= 11 is 3.51. The van der Waals surface area contributed by atoms with Crippen molar-refractivity contribution in [3.8, 4) is 16.9 Å². The van der Waals surface area contributed by atoms with E-state index < -0.39 is 0 Å². The van der Waals surface area contributed by atoms with Crippen molar-refractivity contribution in [1.82, 2.24) is 14.8 Å². The van der Waals surface area contributed by atoms with E-state index in [2.05, 4.69) is 75.1 Å². The molecule has 0 radical (unpaired) electrons. The van der Waals surface area contributed by atoms with Crippen LogP contribution in [0.25, 0.3) is 16.9 Å². The highest BCUT2D eigenvalue weighted by molar-refractivity contribution is 9.10. The SMILES string of the molecule is CC(C)c1ccccc1-n1nc(-c2cncc(Br)c2)c2c1NCC2. The van der Waals surface area contributed by atoms with Crippen LogP contribution in [0.5, 0.6) is 0 Å². The van der Waals surface area contributed by atoms with Gasteiger partial charge < -0.3 is 5.32 Å². The second kappa shape index (κ2) is 6.06. The van der Waals surface area contributed by atoms with Gasteiger partial charge in [-0.25, -0.2) is 4.68 Å². The predicted octanol–water partition coefficient (Wildman–Crippen LogP) is 4.79. The van der Waals surface area contributed by atoms with Crippen LogP contribution in [-0.2, 0) is 6.42 Å². The summed E-state index contributed by atoms with van der Waals surface area (Å²) in [4.78, 5) is 4.30. The Morgan fingerprint density at radius 2 is 2.04 bits per heavy atom. The number of nitrogens with zero attached hydrogens (tertiary/aromatic N) is 3. The number of benzene rings is 1. The van der Waals surface area contributed by atoms with Crippen LogP contribution in [0.4, 0.5) is 5.82 Å². The minimum atomic E-state index is 0.443. The zero-order valence-electron chi connectivity index (χ0n) is 13.8. The second-order valence-electron chi connectivity index (χ2n) is 6.37. The van der Waals surface area contributed by atoms with Gasteiger partial charge in [0.2, 0.25) is 0 Å². The number of hydrogen-bond donors (Lipinski definition) is 1. The molecule has 122 valence electrons. The van der Waals surface area contributed by atoms with Gasteiger partial charge in [0, 0.05) is 34.5 Å². The van der Waals surface area contributed by atoms with Gasteiger partial charge in [-0.05, 0) is 46.0 Å². The molecule has 1 aliphatic heterocycles. The van der Waals surface area contributed by atoms with Gasteiger partial charge in [0.25, 0.3) is 0 Å². The Morgan fingerprint density at radius 1 is 1.21 bits per heavy atom. The summed E-state index contributed by atoms with van der Waals surface area (Å²) in [6, 6.07) is 10.6. The van der Waals surface area contributed by atoms with Crippen LogP contribution in [0.3, 0.4) is 0 Å². The number of pyridine rings is 1. The molecule has 1 N–H and O–H groups in total. The molecule has 3 aromatic rings. The van der Waals surface area contributed by atoms with Crippen molar-refractivity contribution < 1.29 is 0 Å². The van der Waals surface area contributed by atoms with Crippen molar-refractivity contribution >= 4 is 21.7 Å². The van der Waals surface area contributed by atoms with E-state index in [-0.39, 0.29) is 0 Å². The molecule has 4 nitrogen and oxygen atoms in total. The number of nitrogens with one attached hydrogen (secondary N) is 1. The van der Waals surface area contributed by atoms with Gasteiger partial charge in [-0.2, -0.15) is 5.10 Å². The van der Waals surface area contributed by atoms with Gasteiger partial charge in [0.15, 0.2) is 0 Å². The summed E-state index contributed by atoms with van der Waals surface area (Å²) in [6.07, 6.45) is 4.67. The molecular formula is C19H19BrN4. The Bertz CT molecular complexity index is 898. The minimum absolute atomic E-state index is 0.443. The maximum absolute atomic E-state index is 4.95. The van der Waals surface area contributed by atoms with Crippen LogP contribution in [0.2, 0.25) is 0 Å². The third kappa shape index (κ3) is 2.53. The standard InChI is InChI=1S/C19H19BrN4/c1-12(2)15-5-3-4-6-17(15)24-19-16(7-8-22-19)18(23-24)13-9-14(20)11-21-10-13/h3-6,9-12,22H,7-8H2,1-2H3. The molecule has 0 saturated heterocycles. The summed E-state index contributed by atoms with van der Waals surface area (Å²) in [5.41, 5.74) is 5.78. The molecule has 0 amide bonds. The Hall–Kier alpha value is -2.14. The first kappa shape index (κ1) is 15.4. The minimum Gasteiger partial charge on any atom is -0.369 e. The highest BCUT2D eigenvalue weighted by atomic mass is 79.9. The smallest absolute Gasteiger partial charge is 0.133 e. The molecule has 0 spiro atoms. The van der Waals surface area contributed by atoms with Crippen LogP contribution in [0.15, 0.2) is 47.2 Å². The normalized spacial score (nSPS) is 13.2. The molecule has 0 fully saturated rings. The van der Waals surface area contributed by atoms with Crippen LogP contribution < -0.4 is 5.32 Å². The largest absolute Gasteiger partial charge is 0.369 e. The quantitative estimate of drug-likeness (QED) is 0.707. The van der Waals surface area contributed by atoms with E-state index in [1.165, 1.54) is 11.1 Å². The maximum Gasteiger partial charge on any atom is 0.133 e. The molecule has 1 aromatic carbocycles. The van der Waals surface area contributed by atoms with E-state index in [0.717, 1.165) is 40.2 Å². The van der Waals surface area contributed by atoms with E-state index in [4.69, 9.17) is 5.10 Å². The fourth-order valence-electron chi connectivity index (χ4n) is 3.29. The van der Waals surface area contributed by atoms with Crippen molar-refractivity contribution in [1.29, 1.82) is 0 Å². The summed E-state index contributed by atoms with van der Waals surface area (Å²) in [7, 11) is 0. The lowest BCUT2D eigenvalue weighted by molar-refractivity contribution is 0.811. The van der Waals surface area contributed by atoms with Crippen LogP contribution in [0, 0.1) is 0 Å². The third-order valence-corrected chi connectivity index (χ3v) is 4.85. The van der Waals surface area contributed by atoms with Gasteiger partial charge >= 0.3 is 0 Å². The van der Waals surface area contributed by atoms with Crippen molar-refractivity contribution in [3.05, 3.63) is 58.3 Å². The molecule has 1 aliphatic rings. The van der Waals surface area contributed by atoms with Gasteiger partial charge in [-0.1, -0.05) is 32.0 Å². The Kier molecular flexibility index (Phi) is 3.88. The summed E-state index contributed by atoms with van der Waals surface area (Å²) in [5.74, 6) is 1.55. The van der Waals surface area contributed by atoms with Crippen LogP contribution in [-0.4, -0.2) is 21.3 Å². The molecule has 2 aromatic heterocycles. The molecule has 3 heterocycles. The Morgan fingerprint density at radius 3 is 2.83 bits per heavy atom. The van der Waals surface area contributed by atoms with E-state index in [1.54, 1.807) is 6.20 Å². The summed E-state index contributed by atoms with van der Waals surface area (Å²) in [5, 5.41) is 8.46. The van der Waals surface area contributed by atoms with E-state index in [0.29, 0.717) is 5.92 Å². The number of rotatable bonds is 3. The van der Waals surface area contributed by atoms with Crippen molar-refractivity contribution in [2.75, 3.05) is 11.9 Å². The highest BCUT2D eigenvalue weighted by Crippen LogP contribution is 2.36. The van der Waals surface area contributed by atoms with Crippen molar-refractivity contribution in [2.24, 2.45) is 0 Å². The van der Waals surface area contributed by atoms with Gasteiger partial charge in [0.05, 0.1) is 11.4 Å². The number of hydrogen-bond acceptors (Lipinski definition) is 3.